The lowest BCUT2D eigenvalue weighted by molar-refractivity contribution is -0.143. The number of aliphatic carboxylic acids is 1. The van der Waals surface area contributed by atoms with Gasteiger partial charge in [-0.25, -0.2) is 0 Å². The van der Waals surface area contributed by atoms with Crippen molar-refractivity contribution in [1.29, 1.82) is 0 Å². The van der Waals surface area contributed by atoms with Gasteiger partial charge in [-0.1, -0.05) is 18.0 Å². The molecule has 17 heavy (non-hydrogen) atoms. The number of hydrogen-bond acceptors (Lipinski definition) is 4. The van der Waals surface area contributed by atoms with Crippen LogP contribution < -0.4 is 0 Å². The van der Waals surface area contributed by atoms with Crippen LogP contribution in [-0.2, 0) is 11.3 Å². The number of aromatic nitrogens is 1. The number of aryl methyl sites for hydroxylation is 1. The van der Waals surface area contributed by atoms with Gasteiger partial charge in [0.25, 0.3) is 0 Å². The van der Waals surface area contributed by atoms with Gasteiger partial charge in [0, 0.05) is 6.07 Å². The van der Waals surface area contributed by atoms with Crippen molar-refractivity contribution >= 4 is 5.97 Å². The molecule has 0 amide bonds. The molecule has 5 nitrogen and oxygen atoms in total. The van der Waals surface area contributed by atoms with Crippen molar-refractivity contribution in [3.8, 4) is 0 Å². The number of rotatable bonds is 3. The molecule has 2 rings (SSSR count). The third-order valence-electron chi connectivity index (χ3n) is 3.18. The van der Waals surface area contributed by atoms with Gasteiger partial charge >= 0.3 is 5.97 Å². The monoisotopic (exact) mass is 238 g/mol. The highest BCUT2D eigenvalue weighted by Crippen LogP contribution is 2.19. The van der Waals surface area contributed by atoms with E-state index in [1.807, 2.05) is 17.9 Å². The summed E-state index contributed by atoms with van der Waals surface area (Å²) < 4.78 is 5.15. The third kappa shape index (κ3) is 3.06. The van der Waals surface area contributed by atoms with Gasteiger partial charge in [-0.05, 0) is 26.3 Å². The first-order valence-electron chi connectivity index (χ1n) is 6.06. The fourth-order valence-corrected chi connectivity index (χ4v) is 2.33. The Morgan fingerprint density at radius 1 is 1.59 bits per heavy atom. The molecule has 1 saturated heterocycles. The van der Waals surface area contributed by atoms with E-state index in [-0.39, 0.29) is 6.04 Å². The molecule has 1 aliphatic rings. The van der Waals surface area contributed by atoms with Gasteiger partial charge in [-0.3, -0.25) is 9.69 Å². The molecule has 1 unspecified atom stereocenters. The molecule has 1 aromatic heterocycles. The minimum Gasteiger partial charge on any atom is -0.480 e. The van der Waals surface area contributed by atoms with Crippen molar-refractivity contribution in [2.75, 3.05) is 6.54 Å². The van der Waals surface area contributed by atoms with Crippen LogP contribution >= 0.6 is 0 Å². The zero-order valence-corrected chi connectivity index (χ0v) is 10.1. The van der Waals surface area contributed by atoms with Crippen LogP contribution in [0.15, 0.2) is 10.6 Å². The van der Waals surface area contributed by atoms with E-state index in [9.17, 15) is 9.90 Å². The predicted molar refractivity (Wildman–Crippen MR) is 61.5 cm³/mol. The van der Waals surface area contributed by atoms with Crippen molar-refractivity contribution in [3.05, 3.63) is 17.5 Å². The molecule has 1 N–H and O–H groups in total. The van der Waals surface area contributed by atoms with E-state index in [1.165, 1.54) is 0 Å². The number of carbonyl (C=O) groups is 1. The molecule has 0 aromatic carbocycles. The number of likely N-dealkylation sites (tertiary alicyclic amines) is 1. The second-order valence-corrected chi connectivity index (χ2v) is 4.61. The second-order valence-electron chi connectivity index (χ2n) is 4.61. The molecule has 5 heteroatoms. The summed E-state index contributed by atoms with van der Waals surface area (Å²) in [6, 6.07) is 1.48. The van der Waals surface area contributed by atoms with E-state index in [4.69, 9.17) is 4.52 Å². The quantitative estimate of drug-likeness (QED) is 0.870. The first kappa shape index (κ1) is 12.1. The van der Waals surface area contributed by atoms with Crippen LogP contribution in [-0.4, -0.2) is 33.7 Å². The molecular weight excluding hydrogens is 220 g/mol. The average Bonchev–Trinajstić information content (AvgIpc) is 2.55. The van der Waals surface area contributed by atoms with Gasteiger partial charge in [-0.2, -0.15) is 0 Å². The van der Waals surface area contributed by atoms with Crippen molar-refractivity contribution in [2.45, 2.75) is 45.2 Å². The van der Waals surface area contributed by atoms with Crippen LogP contribution in [0.25, 0.3) is 0 Å². The predicted octanol–water partition coefficient (Wildman–Crippen LogP) is 1.81. The highest BCUT2D eigenvalue weighted by atomic mass is 16.5. The van der Waals surface area contributed by atoms with Crippen molar-refractivity contribution in [2.24, 2.45) is 0 Å². The molecule has 0 spiro atoms. The first-order chi connectivity index (χ1) is 8.16. The Balaban J connectivity index is 2.07. The minimum atomic E-state index is -0.733. The minimum absolute atomic E-state index is 0.386. The Morgan fingerprint density at radius 2 is 2.41 bits per heavy atom. The summed E-state index contributed by atoms with van der Waals surface area (Å²) in [6.45, 7) is 3.22. The van der Waals surface area contributed by atoms with E-state index in [0.717, 1.165) is 43.7 Å². The summed E-state index contributed by atoms with van der Waals surface area (Å²) in [5.74, 6) is 0.0128. The van der Waals surface area contributed by atoms with Crippen LogP contribution in [0, 0.1) is 6.92 Å². The van der Waals surface area contributed by atoms with Crippen LogP contribution in [0.5, 0.6) is 0 Å². The van der Waals surface area contributed by atoms with E-state index < -0.39 is 5.97 Å². The van der Waals surface area contributed by atoms with Gasteiger partial charge in [0.15, 0.2) is 5.76 Å². The highest BCUT2D eigenvalue weighted by Gasteiger charge is 2.27. The Hall–Kier alpha value is -1.36. The Bertz CT molecular complexity index is 389. The Morgan fingerprint density at radius 3 is 3.06 bits per heavy atom. The summed E-state index contributed by atoms with van der Waals surface area (Å²) in [5.41, 5.74) is 0.835. The molecule has 0 bridgehead atoms. The molecule has 0 aliphatic carbocycles. The van der Waals surface area contributed by atoms with Crippen LogP contribution in [0.3, 0.4) is 0 Å². The lowest BCUT2D eigenvalue weighted by atomic mass is 10.1. The topological polar surface area (TPSA) is 66.6 Å². The number of carboxylic acids is 1. The standard InChI is InChI=1S/C12H18N2O3/c1-9-7-10(17-13-9)8-14-6-4-2-3-5-11(14)12(15)16/h7,11H,2-6,8H2,1H3,(H,15,16). The summed E-state index contributed by atoms with van der Waals surface area (Å²) >= 11 is 0. The fraction of sp³-hybridized carbons (Fsp3) is 0.667. The SMILES string of the molecule is Cc1cc(CN2CCCCCC2C(=O)O)on1. The maximum absolute atomic E-state index is 11.2. The molecule has 1 aromatic rings. The first-order valence-corrected chi connectivity index (χ1v) is 6.06. The van der Waals surface area contributed by atoms with Crippen LogP contribution in [0.1, 0.15) is 37.1 Å². The van der Waals surface area contributed by atoms with Gasteiger partial charge in [0.1, 0.15) is 6.04 Å². The van der Waals surface area contributed by atoms with Crippen LogP contribution in [0.4, 0.5) is 0 Å². The van der Waals surface area contributed by atoms with E-state index in [2.05, 4.69) is 5.16 Å². The molecule has 0 radical (unpaired) electrons. The zero-order chi connectivity index (χ0) is 12.3. The zero-order valence-electron chi connectivity index (χ0n) is 10.1. The molecule has 1 atom stereocenters. The van der Waals surface area contributed by atoms with Crippen molar-refractivity contribution in [3.63, 3.8) is 0 Å². The van der Waals surface area contributed by atoms with Crippen LogP contribution in [0.2, 0.25) is 0 Å². The Labute approximate surface area is 100 Å². The smallest absolute Gasteiger partial charge is 0.320 e. The van der Waals surface area contributed by atoms with Crippen molar-refractivity contribution < 1.29 is 14.4 Å². The Kier molecular flexibility index (Phi) is 3.78. The largest absolute Gasteiger partial charge is 0.480 e. The molecule has 94 valence electrons. The van der Waals surface area contributed by atoms with Gasteiger partial charge in [0.05, 0.1) is 12.2 Å². The van der Waals surface area contributed by atoms with Gasteiger partial charge in [0.2, 0.25) is 0 Å². The van der Waals surface area contributed by atoms with E-state index in [1.54, 1.807) is 0 Å². The molecule has 0 saturated carbocycles. The maximum Gasteiger partial charge on any atom is 0.320 e. The van der Waals surface area contributed by atoms with Gasteiger partial charge in [-0.15, -0.1) is 0 Å². The lowest BCUT2D eigenvalue weighted by Crippen LogP contribution is -2.40. The average molecular weight is 238 g/mol. The molecule has 2 heterocycles. The number of hydrogen-bond donors (Lipinski definition) is 1. The molecular formula is C12H18N2O3. The fourth-order valence-electron chi connectivity index (χ4n) is 2.33. The summed E-state index contributed by atoms with van der Waals surface area (Å²) in [6.07, 6.45) is 3.87. The summed E-state index contributed by atoms with van der Waals surface area (Å²) in [5, 5.41) is 13.1. The number of carboxylic acid groups (broad SMARTS) is 1. The van der Waals surface area contributed by atoms with E-state index >= 15 is 0 Å². The normalized spacial score (nSPS) is 22.3. The van der Waals surface area contributed by atoms with Gasteiger partial charge < -0.3 is 9.63 Å². The lowest BCUT2D eigenvalue weighted by Gasteiger charge is -2.25. The van der Waals surface area contributed by atoms with Crippen molar-refractivity contribution in [1.82, 2.24) is 10.1 Å². The number of nitrogens with zero attached hydrogens (tertiary/aromatic N) is 2. The highest BCUT2D eigenvalue weighted by molar-refractivity contribution is 5.73. The van der Waals surface area contributed by atoms with E-state index in [0.29, 0.717) is 6.54 Å². The molecule has 1 aliphatic heterocycles. The molecule has 1 fully saturated rings. The maximum atomic E-state index is 11.2. The second kappa shape index (κ2) is 5.31. The summed E-state index contributed by atoms with van der Waals surface area (Å²) in [7, 11) is 0. The third-order valence-corrected chi connectivity index (χ3v) is 3.18. The summed E-state index contributed by atoms with van der Waals surface area (Å²) in [4.78, 5) is 13.2.